The van der Waals surface area contributed by atoms with E-state index in [9.17, 15) is 0 Å². The molecular formula is C31H47N5. The summed E-state index contributed by atoms with van der Waals surface area (Å²) in [5.41, 5.74) is 5.05. The Balaban J connectivity index is 1.47. The van der Waals surface area contributed by atoms with E-state index in [-0.39, 0.29) is 0 Å². The first-order valence-electron chi connectivity index (χ1n) is 14.2. The van der Waals surface area contributed by atoms with Gasteiger partial charge in [0, 0.05) is 12.7 Å². The van der Waals surface area contributed by atoms with Crippen LogP contribution in [-0.2, 0) is 19.5 Å². The maximum atomic E-state index is 5.11. The Morgan fingerprint density at radius 3 is 2.47 bits per heavy atom. The molecule has 5 heteroatoms. The number of hydrogen-bond donors (Lipinski definition) is 0. The minimum Gasteiger partial charge on any atom is -0.327 e. The fourth-order valence-corrected chi connectivity index (χ4v) is 5.51. The summed E-state index contributed by atoms with van der Waals surface area (Å²) in [6.07, 6.45) is 9.20. The number of benzene rings is 1. The number of fused-ring (bicyclic) bond motifs is 2. The largest absolute Gasteiger partial charge is 0.327 e. The van der Waals surface area contributed by atoms with E-state index in [2.05, 4.69) is 85.5 Å². The third kappa shape index (κ3) is 6.95. The van der Waals surface area contributed by atoms with Crippen molar-refractivity contribution in [2.75, 3.05) is 26.7 Å². The topological polar surface area (TPSA) is 37.2 Å². The van der Waals surface area contributed by atoms with E-state index in [4.69, 9.17) is 9.97 Å². The molecule has 0 fully saturated rings. The van der Waals surface area contributed by atoms with Gasteiger partial charge in [-0.15, -0.1) is 0 Å². The van der Waals surface area contributed by atoms with E-state index in [0.717, 1.165) is 49.8 Å². The molecule has 5 nitrogen and oxygen atoms in total. The Labute approximate surface area is 218 Å². The average molecular weight is 490 g/mol. The van der Waals surface area contributed by atoms with Crippen LogP contribution in [0.2, 0.25) is 0 Å². The number of imidazole rings is 1. The van der Waals surface area contributed by atoms with Crippen LogP contribution in [0.5, 0.6) is 0 Å². The second kappa shape index (κ2) is 12.8. The van der Waals surface area contributed by atoms with Crippen molar-refractivity contribution in [1.29, 1.82) is 0 Å². The molecule has 4 rings (SSSR count). The van der Waals surface area contributed by atoms with Crippen LogP contribution < -0.4 is 0 Å². The summed E-state index contributed by atoms with van der Waals surface area (Å²) in [5, 5.41) is 0. The highest BCUT2D eigenvalue weighted by Crippen LogP contribution is 2.33. The van der Waals surface area contributed by atoms with E-state index < -0.39 is 0 Å². The summed E-state index contributed by atoms with van der Waals surface area (Å²) in [4.78, 5) is 15.1. The molecule has 1 atom stereocenters. The lowest BCUT2D eigenvalue weighted by molar-refractivity contribution is 0.200. The van der Waals surface area contributed by atoms with Crippen LogP contribution in [-0.4, -0.2) is 51.0 Å². The highest BCUT2D eigenvalue weighted by Gasteiger charge is 2.26. The summed E-state index contributed by atoms with van der Waals surface area (Å²) >= 11 is 0. The van der Waals surface area contributed by atoms with Gasteiger partial charge in [0.05, 0.1) is 29.3 Å². The maximum Gasteiger partial charge on any atom is 0.124 e. The first-order valence-corrected chi connectivity index (χ1v) is 14.2. The van der Waals surface area contributed by atoms with Gasteiger partial charge in [0.1, 0.15) is 5.82 Å². The van der Waals surface area contributed by atoms with Crippen molar-refractivity contribution >= 4 is 11.0 Å². The molecule has 0 spiro atoms. The molecule has 0 saturated heterocycles. The predicted molar refractivity (Wildman–Crippen MR) is 151 cm³/mol. The minimum atomic E-state index is 0.366. The summed E-state index contributed by atoms with van der Waals surface area (Å²) < 4.78 is 2.48. The summed E-state index contributed by atoms with van der Waals surface area (Å²) in [5.74, 6) is 2.69. The second-order valence-corrected chi connectivity index (χ2v) is 11.6. The third-order valence-corrected chi connectivity index (χ3v) is 7.72. The zero-order chi connectivity index (χ0) is 25.5. The maximum absolute atomic E-state index is 5.11. The molecular weight excluding hydrogens is 442 g/mol. The average Bonchev–Trinajstić information content (AvgIpc) is 3.21. The van der Waals surface area contributed by atoms with Gasteiger partial charge in [-0.3, -0.25) is 9.88 Å². The first-order chi connectivity index (χ1) is 17.4. The molecule has 196 valence electrons. The lowest BCUT2D eigenvalue weighted by atomic mass is 9.91. The number of aryl methyl sites for hydroxylation is 2. The van der Waals surface area contributed by atoms with Crippen LogP contribution in [0.3, 0.4) is 0 Å². The van der Waals surface area contributed by atoms with Gasteiger partial charge in [0.15, 0.2) is 0 Å². The van der Waals surface area contributed by atoms with Crippen molar-refractivity contribution in [1.82, 2.24) is 24.3 Å². The smallest absolute Gasteiger partial charge is 0.124 e. The molecule has 0 N–H and O–H groups in total. The van der Waals surface area contributed by atoms with Gasteiger partial charge in [0.25, 0.3) is 0 Å². The normalized spacial score (nSPS) is 16.1. The standard InChI is InChI=1S/C31H47N5/c1-24(2)16-21-35(22-17-25(3)4)19-10-20-36-28-14-7-6-13-27(28)33-30(36)23-34(5)29-15-8-11-26-12-9-18-32-31(26)29/h6-7,9,12-14,18,24-25,29H,8,10-11,15-17,19-23H2,1-5H3. The van der Waals surface area contributed by atoms with Gasteiger partial charge < -0.3 is 9.47 Å². The van der Waals surface area contributed by atoms with E-state index in [1.165, 1.54) is 61.4 Å². The summed E-state index contributed by atoms with van der Waals surface area (Å²) in [6, 6.07) is 13.3. The first kappa shape index (κ1) is 26.8. The van der Waals surface area contributed by atoms with Crippen molar-refractivity contribution in [2.24, 2.45) is 11.8 Å². The van der Waals surface area contributed by atoms with Gasteiger partial charge >= 0.3 is 0 Å². The molecule has 2 heterocycles. The van der Waals surface area contributed by atoms with Gasteiger partial charge in [-0.1, -0.05) is 45.9 Å². The molecule has 1 aliphatic carbocycles. The SMILES string of the molecule is CC(C)CCN(CCCn1c(CN(C)C2CCCc3cccnc32)nc2ccccc21)CCC(C)C. The van der Waals surface area contributed by atoms with Crippen LogP contribution in [0.25, 0.3) is 11.0 Å². The molecule has 1 aromatic carbocycles. The van der Waals surface area contributed by atoms with E-state index >= 15 is 0 Å². The molecule has 2 aromatic heterocycles. The van der Waals surface area contributed by atoms with Crippen LogP contribution in [0.15, 0.2) is 42.6 Å². The Hall–Kier alpha value is -2.24. The Kier molecular flexibility index (Phi) is 9.55. The van der Waals surface area contributed by atoms with E-state index in [1.807, 2.05) is 6.20 Å². The zero-order valence-electron chi connectivity index (χ0n) is 23.3. The third-order valence-electron chi connectivity index (χ3n) is 7.72. The van der Waals surface area contributed by atoms with Crippen molar-refractivity contribution in [3.63, 3.8) is 0 Å². The number of para-hydroxylation sites is 2. The number of nitrogens with zero attached hydrogens (tertiary/aromatic N) is 5. The van der Waals surface area contributed by atoms with Crippen molar-refractivity contribution in [2.45, 2.75) is 85.4 Å². The molecule has 0 bridgehead atoms. The second-order valence-electron chi connectivity index (χ2n) is 11.6. The van der Waals surface area contributed by atoms with Crippen molar-refractivity contribution in [3.8, 4) is 0 Å². The minimum absolute atomic E-state index is 0.366. The number of hydrogen-bond acceptors (Lipinski definition) is 4. The molecule has 0 aliphatic heterocycles. The Morgan fingerprint density at radius 1 is 0.972 bits per heavy atom. The van der Waals surface area contributed by atoms with Gasteiger partial charge in [-0.05, 0) is 101 Å². The van der Waals surface area contributed by atoms with Crippen LogP contribution in [0, 0.1) is 11.8 Å². The molecule has 0 saturated carbocycles. The fourth-order valence-electron chi connectivity index (χ4n) is 5.51. The number of aromatic nitrogens is 3. The van der Waals surface area contributed by atoms with Crippen molar-refractivity contribution in [3.05, 3.63) is 59.7 Å². The van der Waals surface area contributed by atoms with Crippen LogP contribution in [0.4, 0.5) is 0 Å². The summed E-state index contributed by atoms with van der Waals surface area (Å²) in [6.45, 7) is 14.8. The highest BCUT2D eigenvalue weighted by molar-refractivity contribution is 5.75. The van der Waals surface area contributed by atoms with E-state index in [0.29, 0.717) is 6.04 Å². The molecule has 36 heavy (non-hydrogen) atoms. The molecule has 1 aliphatic rings. The molecule has 0 amide bonds. The summed E-state index contributed by atoms with van der Waals surface area (Å²) in [7, 11) is 2.25. The van der Waals surface area contributed by atoms with Gasteiger partial charge in [-0.2, -0.15) is 0 Å². The Bertz CT molecular complexity index is 1070. The quantitative estimate of drug-likeness (QED) is 0.267. The molecule has 0 radical (unpaired) electrons. The Morgan fingerprint density at radius 2 is 1.72 bits per heavy atom. The molecule has 3 aromatic rings. The van der Waals surface area contributed by atoms with Gasteiger partial charge in [0.2, 0.25) is 0 Å². The fraction of sp³-hybridized carbons (Fsp3) is 0.613. The van der Waals surface area contributed by atoms with Crippen LogP contribution >= 0.6 is 0 Å². The highest BCUT2D eigenvalue weighted by atomic mass is 15.2. The monoisotopic (exact) mass is 489 g/mol. The zero-order valence-corrected chi connectivity index (χ0v) is 23.3. The van der Waals surface area contributed by atoms with E-state index in [1.54, 1.807) is 0 Å². The lowest BCUT2D eigenvalue weighted by Gasteiger charge is -2.32. The lowest BCUT2D eigenvalue weighted by Crippen LogP contribution is -2.30. The predicted octanol–water partition coefficient (Wildman–Crippen LogP) is 6.73. The van der Waals surface area contributed by atoms with Crippen molar-refractivity contribution < 1.29 is 0 Å². The number of rotatable bonds is 13. The van der Waals surface area contributed by atoms with Gasteiger partial charge in [-0.25, -0.2) is 4.98 Å². The number of pyridine rings is 1. The molecule has 1 unspecified atom stereocenters. The van der Waals surface area contributed by atoms with Crippen LogP contribution in [0.1, 0.15) is 82.9 Å².